The molecule has 0 radical (unpaired) electrons. The van der Waals surface area contributed by atoms with E-state index < -0.39 is 0 Å². The van der Waals surface area contributed by atoms with Crippen molar-refractivity contribution in [2.45, 2.75) is 6.04 Å². The van der Waals surface area contributed by atoms with Crippen LogP contribution in [0.5, 0.6) is 11.5 Å². The number of methoxy groups -OCH3 is 2. The Morgan fingerprint density at radius 1 is 1.17 bits per heavy atom. The molecule has 124 valence electrons. The summed E-state index contributed by atoms with van der Waals surface area (Å²) in [5.41, 5.74) is 1.21. The van der Waals surface area contributed by atoms with Crippen molar-refractivity contribution in [1.82, 2.24) is 10.2 Å². The monoisotopic (exact) mass is 396 g/mol. The molecule has 1 N–H and O–H groups in total. The maximum atomic E-state index is 5.51. The van der Waals surface area contributed by atoms with Gasteiger partial charge in [-0.15, -0.1) is 11.3 Å². The van der Waals surface area contributed by atoms with E-state index >= 15 is 0 Å². The molecule has 2 aromatic rings. The first kappa shape index (κ1) is 16.8. The van der Waals surface area contributed by atoms with Crippen LogP contribution in [0.4, 0.5) is 0 Å². The van der Waals surface area contributed by atoms with Crippen LogP contribution in [-0.4, -0.2) is 45.3 Å². The van der Waals surface area contributed by atoms with Crippen LogP contribution < -0.4 is 14.8 Å². The molecule has 3 rings (SSSR count). The third-order valence-electron chi connectivity index (χ3n) is 4.13. The molecule has 6 heteroatoms. The maximum absolute atomic E-state index is 5.51. The summed E-state index contributed by atoms with van der Waals surface area (Å²) in [5.74, 6) is 1.51. The first-order chi connectivity index (χ1) is 11.2. The van der Waals surface area contributed by atoms with Crippen LogP contribution in [0.2, 0.25) is 0 Å². The minimum absolute atomic E-state index is 0.228. The summed E-state index contributed by atoms with van der Waals surface area (Å²) in [4.78, 5) is 3.87. The van der Waals surface area contributed by atoms with E-state index in [4.69, 9.17) is 9.47 Å². The van der Waals surface area contributed by atoms with E-state index in [0.717, 1.165) is 42.2 Å². The zero-order valence-corrected chi connectivity index (χ0v) is 15.7. The van der Waals surface area contributed by atoms with Gasteiger partial charge in [0.15, 0.2) is 11.5 Å². The number of hydrogen-bond donors (Lipinski definition) is 1. The second-order valence-corrected chi connectivity index (χ2v) is 7.27. The van der Waals surface area contributed by atoms with Crippen molar-refractivity contribution in [2.75, 3.05) is 40.4 Å². The molecule has 2 heterocycles. The first-order valence-electron chi connectivity index (χ1n) is 7.64. The fourth-order valence-corrected chi connectivity index (χ4v) is 4.41. The van der Waals surface area contributed by atoms with Gasteiger partial charge in [0.2, 0.25) is 0 Å². The van der Waals surface area contributed by atoms with E-state index in [1.54, 1.807) is 25.6 Å². The molecule has 1 aliphatic heterocycles. The summed E-state index contributed by atoms with van der Waals surface area (Å²) in [5, 5.41) is 5.57. The Bertz CT molecular complexity index is 642. The van der Waals surface area contributed by atoms with Crippen molar-refractivity contribution < 1.29 is 9.47 Å². The predicted molar refractivity (Wildman–Crippen MR) is 97.9 cm³/mol. The van der Waals surface area contributed by atoms with E-state index in [9.17, 15) is 0 Å². The maximum Gasteiger partial charge on any atom is 0.161 e. The Kier molecular flexibility index (Phi) is 5.58. The number of halogens is 1. The topological polar surface area (TPSA) is 33.7 Å². The van der Waals surface area contributed by atoms with Crippen LogP contribution in [0, 0.1) is 0 Å². The van der Waals surface area contributed by atoms with Gasteiger partial charge < -0.3 is 14.8 Å². The zero-order valence-electron chi connectivity index (χ0n) is 13.3. The molecule has 0 aliphatic carbocycles. The third-order valence-corrected chi connectivity index (χ3v) is 5.74. The summed E-state index contributed by atoms with van der Waals surface area (Å²) in [6.45, 7) is 4.10. The van der Waals surface area contributed by atoms with Crippen LogP contribution in [0.15, 0.2) is 34.1 Å². The molecule has 1 aromatic carbocycles. The molecule has 23 heavy (non-hydrogen) atoms. The first-order valence-corrected chi connectivity index (χ1v) is 9.31. The lowest BCUT2D eigenvalue weighted by Crippen LogP contribution is -2.45. The highest BCUT2D eigenvalue weighted by molar-refractivity contribution is 9.10. The predicted octanol–water partition coefficient (Wildman–Crippen LogP) is 3.52. The Hall–Kier alpha value is -1.08. The van der Waals surface area contributed by atoms with Crippen LogP contribution in [-0.2, 0) is 0 Å². The van der Waals surface area contributed by atoms with Crippen molar-refractivity contribution >= 4 is 27.3 Å². The summed E-state index contributed by atoms with van der Waals surface area (Å²) in [7, 11) is 3.34. The van der Waals surface area contributed by atoms with Crippen molar-refractivity contribution in [3.63, 3.8) is 0 Å². The number of nitrogens with one attached hydrogen (secondary N) is 1. The highest BCUT2D eigenvalue weighted by Gasteiger charge is 2.27. The highest BCUT2D eigenvalue weighted by Crippen LogP contribution is 2.41. The van der Waals surface area contributed by atoms with Gasteiger partial charge >= 0.3 is 0 Å². The van der Waals surface area contributed by atoms with Gasteiger partial charge in [-0.05, 0) is 29.1 Å². The number of benzene rings is 1. The van der Waals surface area contributed by atoms with Gasteiger partial charge in [-0.2, -0.15) is 0 Å². The Morgan fingerprint density at radius 3 is 2.48 bits per heavy atom. The quantitative estimate of drug-likeness (QED) is 0.837. The second kappa shape index (κ2) is 7.66. The molecule has 1 atom stereocenters. The average molecular weight is 397 g/mol. The smallest absolute Gasteiger partial charge is 0.161 e. The largest absolute Gasteiger partial charge is 0.493 e. The summed E-state index contributed by atoms with van der Waals surface area (Å²) in [6, 6.07) is 8.64. The standard InChI is InChI=1S/C17H21BrN2O2S/c1-21-14-10-12(13(18)11-15(14)22-2)17(16-4-3-9-23-16)20-7-5-19-6-8-20/h3-4,9-11,17,19H,5-8H2,1-2H3/t17-/m1/s1. The molecule has 4 nitrogen and oxygen atoms in total. The van der Waals surface area contributed by atoms with Gasteiger partial charge in [-0.25, -0.2) is 0 Å². The highest BCUT2D eigenvalue weighted by atomic mass is 79.9. The fourth-order valence-electron chi connectivity index (χ4n) is 3.00. The lowest BCUT2D eigenvalue weighted by Gasteiger charge is -2.35. The molecule has 1 aromatic heterocycles. The van der Waals surface area contributed by atoms with Crippen LogP contribution in [0.1, 0.15) is 16.5 Å². The van der Waals surface area contributed by atoms with Gasteiger partial charge in [0.25, 0.3) is 0 Å². The minimum atomic E-state index is 0.228. The van der Waals surface area contributed by atoms with Crippen LogP contribution in [0.3, 0.4) is 0 Å². The van der Waals surface area contributed by atoms with E-state index in [0.29, 0.717) is 0 Å². The molecular weight excluding hydrogens is 376 g/mol. The molecule has 1 saturated heterocycles. The summed E-state index contributed by atoms with van der Waals surface area (Å²) in [6.07, 6.45) is 0. The average Bonchev–Trinajstić information content (AvgIpc) is 3.11. The summed E-state index contributed by atoms with van der Waals surface area (Å²) < 4.78 is 12.0. The number of nitrogens with zero attached hydrogens (tertiary/aromatic N) is 1. The lowest BCUT2D eigenvalue weighted by atomic mass is 10.0. The van der Waals surface area contributed by atoms with Crippen LogP contribution in [0.25, 0.3) is 0 Å². The normalized spacial score (nSPS) is 17.0. The van der Waals surface area contributed by atoms with Gasteiger partial charge in [0.05, 0.1) is 20.3 Å². The number of ether oxygens (including phenoxy) is 2. The number of rotatable bonds is 5. The molecule has 0 spiro atoms. The Balaban J connectivity index is 2.05. The van der Waals surface area contributed by atoms with E-state index in [1.807, 2.05) is 6.07 Å². The van der Waals surface area contributed by atoms with Crippen molar-refractivity contribution in [1.29, 1.82) is 0 Å². The minimum Gasteiger partial charge on any atom is -0.493 e. The molecule has 1 aliphatic rings. The van der Waals surface area contributed by atoms with Gasteiger partial charge in [0.1, 0.15) is 0 Å². The van der Waals surface area contributed by atoms with Crippen molar-refractivity contribution in [2.24, 2.45) is 0 Å². The molecule has 0 saturated carbocycles. The fraction of sp³-hybridized carbons (Fsp3) is 0.412. The second-order valence-electron chi connectivity index (χ2n) is 5.43. The SMILES string of the molecule is COc1cc(Br)c([C@H](c2cccs2)N2CCNCC2)cc1OC. The Morgan fingerprint density at radius 2 is 1.87 bits per heavy atom. The molecule has 1 fully saturated rings. The molecule has 0 bridgehead atoms. The molecule has 0 unspecified atom stereocenters. The molecular formula is C17H21BrN2O2S. The van der Waals surface area contributed by atoms with Crippen molar-refractivity contribution in [3.8, 4) is 11.5 Å². The van der Waals surface area contributed by atoms with Gasteiger partial charge in [-0.3, -0.25) is 4.90 Å². The van der Waals surface area contributed by atoms with Crippen molar-refractivity contribution in [3.05, 3.63) is 44.6 Å². The van der Waals surface area contributed by atoms with Crippen LogP contribution >= 0.6 is 27.3 Å². The van der Waals surface area contributed by atoms with E-state index in [-0.39, 0.29) is 6.04 Å². The van der Waals surface area contributed by atoms with Gasteiger partial charge in [-0.1, -0.05) is 22.0 Å². The third kappa shape index (κ3) is 3.55. The number of hydrogen-bond acceptors (Lipinski definition) is 5. The summed E-state index contributed by atoms with van der Waals surface area (Å²) >= 11 is 5.53. The molecule has 0 amide bonds. The van der Waals surface area contributed by atoms with E-state index in [2.05, 4.69) is 49.7 Å². The Labute approximate surface area is 149 Å². The number of piperazine rings is 1. The number of thiophene rings is 1. The van der Waals surface area contributed by atoms with E-state index in [1.165, 1.54) is 10.4 Å². The zero-order chi connectivity index (χ0) is 16.2. The van der Waals surface area contributed by atoms with Gasteiger partial charge in [0, 0.05) is 35.5 Å². The lowest BCUT2D eigenvalue weighted by molar-refractivity contribution is 0.200.